The van der Waals surface area contributed by atoms with Crippen LogP contribution >= 0.6 is 11.5 Å². The summed E-state index contributed by atoms with van der Waals surface area (Å²) in [4.78, 5) is 0. The van der Waals surface area contributed by atoms with Gasteiger partial charge in [0.15, 0.2) is 11.5 Å². The Bertz CT molecular complexity index is 518. The van der Waals surface area contributed by atoms with Crippen molar-refractivity contribution in [3.8, 4) is 11.5 Å². The third-order valence-corrected chi connectivity index (χ3v) is 3.11. The second-order valence-corrected chi connectivity index (χ2v) is 4.59. The van der Waals surface area contributed by atoms with Crippen LogP contribution in [0, 0.1) is 0 Å². The molecule has 2 heterocycles. The van der Waals surface area contributed by atoms with Gasteiger partial charge >= 0.3 is 0 Å². The van der Waals surface area contributed by atoms with Gasteiger partial charge in [0, 0.05) is 24.5 Å². The summed E-state index contributed by atoms with van der Waals surface area (Å²) in [7, 11) is 0. The second-order valence-electron chi connectivity index (χ2n) is 3.85. The summed E-state index contributed by atoms with van der Waals surface area (Å²) in [6.45, 7) is 2.07. The minimum absolute atomic E-state index is 0.660. The van der Waals surface area contributed by atoms with Gasteiger partial charge in [-0.05, 0) is 22.9 Å². The molecule has 18 heavy (non-hydrogen) atoms. The highest BCUT2D eigenvalue weighted by atomic mass is 32.1. The highest BCUT2D eigenvalue weighted by Gasteiger charge is 2.10. The van der Waals surface area contributed by atoms with Crippen molar-refractivity contribution < 1.29 is 9.47 Å². The normalized spacial score (nSPS) is 14.0. The molecule has 0 unspecified atom stereocenters. The van der Waals surface area contributed by atoms with E-state index in [1.165, 1.54) is 11.5 Å². The maximum absolute atomic E-state index is 5.64. The fraction of sp³-hybridized carbons (Fsp3) is 0.364. The predicted octanol–water partition coefficient (Wildman–Crippen LogP) is 1.71. The Kier molecular flexibility index (Phi) is 3.22. The fourth-order valence-electron chi connectivity index (χ4n) is 1.70. The van der Waals surface area contributed by atoms with Gasteiger partial charge in [-0.1, -0.05) is 15.7 Å². The SMILES string of the molecule is c1cc2c(cc1CNc1nnns1)OCCCO2. The molecule has 94 valence electrons. The van der Waals surface area contributed by atoms with E-state index in [-0.39, 0.29) is 0 Å². The molecule has 7 heteroatoms. The van der Waals surface area contributed by atoms with Crippen LogP contribution in [0.2, 0.25) is 0 Å². The summed E-state index contributed by atoms with van der Waals surface area (Å²) in [5.41, 5.74) is 1.11. The van der Waals surface area contributed by atoms with Crippen LogP contribution in [0.25, 0.3) is 0 Å². The Balaban J connectivity index is 1.71. The van der Waals surface area contributed by atoms with Gasteiger partial charge in [0.25, 0.3) is 0 Å². The molecule has 1 N–H and O–H groups in total. The molecule has 6 nitrogen and oxygen atoms in total. The molecule has 0 saturated heterocycles. The number of nitrogens with zero attached hydrogens (tertiary/aromatic N) is 3. The first-order valence-corrected chi connectivity index (χ1v) is 6.46. The van der Waals surface area contributed by atoms with Crippen LogP contribution in [0.5, 0.6) is 11.5 Å². The zero-order valence-electron chi connectivity index (χ0n) is 9.63. The molecule has 1 aromatic carbocycles. The van der Waals surface area contributed by atoms with Gasteiger partial charge in [-0.2, -0.15) is 0 Å². The third kappa shape index (κ3) is 2.51. The molecule has 3 rings (SSSR count). The van der Waals surface area contributed by atoms with E-state index in [1.807, 2.05) is 18.2 Å². The van der Waals surface area contributed by atoms with Crippen molar-refractivity contribution in [2.75, 3.05) is 18.5 Å². The van der Waals surface area contributed by atoms with Crippen molar-refractivity contribution >= 4 is 16.7 Å². The van der Waals surface area contributed by atoms with Crippen LogP contribution < -0.4 is 14.8 Å². The summed E-state index contributed by atoms with van der Waals surface area (Å²) in [5, 5.41) is 11.2. The Morgan fingerprint density at radius 2 is 2.11 bits per heavy atom. The third-order valence-electron chi connectivity index (χ3n) is 2.56. The van der Waals surface area contributed by atoms with Crippen molar-refractivity contribution in [2.45, 2.75) is 13.0 Å². The van der Waals surface area contributed by atoms with E-state index in [0.717, 1.165) is 23.5 Å². The lowest BCUT2D eigenvalue weighted by molar-refractivity contribution is 0.297. The number of anilines is 1. The standard InChI is InChI=1S/C11H12N4O2S/c1-4-16-9-3-2-8(6-10(9)17-5-1)7-12-11-13-14-15-18-11/h2-3,6H,1,4-5,7H2,(H,12,13,15). The van der Waals surface area contributed by atoms with Crippen molar-refractivity contribution in [1.82, 2.24) is 14.8 Å². The molecule has 0 amide bonds. The minimum atomic E-state index is 0.660. The Labute approximate surface area is 108 Å². The zero-order chi connectivity index (χ0) is 12.2. The second kappa shape index (κ2) is 5.18. The van der Waals surface area contributed by atoms with Crippen LogP contribution in [0.1, 0.15) is 12.0 Å². The lowest BCUT2D eigenvalue weighted by Crippen LogP contribution is -2.00. The van der Waals surface area contributed by atoms with E-state index in [2.05, 4.69) is 20.1 Å². The van der Waals surface area contributed by atoms with Crippen molar-refractivity contribution in [2.24, 2.45) is 0 Å². The van der Waals surface area contributed by atoms with Gasteiger partial charge in [0.1, 0.15) is 0 Å². The largest absolute Gasteiger partial charge is 0.490 e. The van der Waals surface area contributed by atoms with Crippen molar-refractivity contribution in [1.29, 1.82) is 0 Å². The average Bonchev–Trinajstić information content (AvgIpc) is 2.80. The molecule has 0 radical (unpaired) electrons. The summed E-state index contributed by atoms with van der Waals surface area (Å²) in [6.07, 6.45) is 0.915. The molecule has 0 saturated carbocycles. The minimum Gasteiger partial charge on any atom is -0.490 e. The van der Waals surface area contributed by atoms with E-state index in [1.54, 1.807) is 0 Å². The summed E-state index contributed by atoms with van der Waals surface area (Å²) < 4.78 is 14.9. The predicted molar refractivity (Wildman–Crippen MR) is 67.1 cm³/mol. The fourth-order valence-corrected chi connectivity index (χ4v) is 2.06. The summed E-state index contributed by atoms with van der Waals surface area (Å²) >= 11 is 1.24. The van der Waals surface area contributed by atoms with Gasteiger partial charge in [-0.15, -0.1) is 0 Å². The average molecular weight is 264 g/mol. The lowest BCUT2D eigenvalue weighted by Gasteiger charge is -2.09. The number of ether oxygens (including phenoxy) is 2. The van der Waals surface area contributed by atoms with E-state index >= 15 is 0 Å². The topological polar surface area (TPSA) is 69.2 Å². The van der Waals surface area contributed by atoms with Crippen LogP contribution in [0.3, 0.4) is 0 Å². The first-order valence-electron chi connectivity index (χ1n) is 5.69. The maximum atomic E-state index is 5.64. The van der Waals surface area contributed by atoms with Gasteiger partial charge in [-0.25, -0.2) is 0 Å². The van der Waals surface area contributed by atoms with Crippen LogP contribution in [-0.2, 0) is 6.54 Å². The number of hydrogen-bond donors (Lipinski definition) is 1. The van der Waals surface area contributed by atoms with Crippen LogP contribution in [-0.4, -0.2) is 28.0 Å². The van der Waals surface area contributed by atoms with Gasteiger partial charge in [-0.3, -0.25) is 0 Å². The molecule has 0 spiro atoms. The summed E-state index contributed by atoms with van der Waals surface area (Å²) in [6, 6.07) is 5.94. The van der Waals surface area contributed by atoms with Crippen LogP contribution in [0.4, 0.5) is 5.13 Å². The molecular weight excluding hydrogens is 252 g/mol. The van der Waals surface area contributed by atoms with E-state index in [0.29, 0.717) is 24.9 Å². The van der Waals surface area contributed by atoms with E-state index < -0.39 is 0 Å². The molecule has 0 aliphatic carbocycles. The molecule has 0 atom stereocenters. The molecule has 1 aliphatic rings. The molecule has 0 fully saturated rings. The summed E-state index contributed by atoms with van der Waals surface area (Å²) in [5.74, 6) is 1.62. The van der Waals surface area contributed by atoms with Gasteiger partial charge in [0.05, 0.1) is 13.2 Å². The molecule has 1 aromatic heterocycles. The van der Waals surface area contributed by atoms with Gasteiger partial charge < -0.3 is 14.8 Å². The smallest absolute Gasteiger partial charge is 0.225 e. The number of benzene rings is 1. The Morgan fingerprint density at radius 1 is 1.22 bits per heavy atom. The number of fused-ring (bicyclic) bond motifs is 1. The first-order chi connectivity index (χ1) is 8.92. The van der Waals surface area contributed by atoms with E-state index in [4.69, 9.17) is 9.47 Å². The van der Waals surface area contributed by atoms with Gasteiger partial charge in [0.2, 0.25) is 5.13 Å². The number of rotatable bonds is 3. The van der Waals surface area contributed by atoms with Crippen molar-refractivity contribution in [3.05, 3.63) is 23.8 Å². The van der Waals surface area contributed by atoms with Crippen LogP contribution in [0.15, 0.2) is 18.2 Å². The highest BCUT2D eigenvalue weighted by molar-refractivity contribution is 7.09. The first kappa shape index (κ1) is 11.2. The molecular formula is C11H12N4O2S. The number of aromatic nitrogens is 3. The quantitative estimate of drug-likeness (QED) is 0.910. The lowest BCUT2D eigenvalue weighted by atomic mass is 10.2. The zero-order valence-corrected chi connectivity index (χ0v) is 10.4. The number of nitrogens with one attached hydrogen (secondary N) is 1. The molecule has 2 aromatic rings. The highest BCUT2D eigenvalue weighted by Crippen LogP contribution is 2.30. The van der Waals surface area contributed by atoms with E-state index in [9.17, 15) is 0 Å². The maximum Gasteiger partial charge on any atom is 0.225 e. The van der Waals surface area contributed by atoms with Crippen molar-refractivity contribution in [3.63, 3.8) is 0 Å². The number of hydrogen-bond acceptors (Lipinski definition) is 7. The molecule has 0 bridgehead atoms. The Hall–Kier alpha value is -1.89. The Morgan fingerprint density at radius 3 is 2.94 bits per heavy atom. The monoisotopic (exact) mass is 264 g/mol. The molecule has 1 aliphatic heterocycles.